The van der Waals surface area contributed by atoms with Crippen LogP contribution in [0.25, 0.3) is 0 Å². The lowest BCUT2D eigenvalue weighted by Crippen LogP contribution is -2.39. The van der Waals surface area contributed by atoms with E-state index in [2.05, 4.69) is 45.4 Å². The van der Waals surface area contributed by atoms with Crippen LogP contribution in [0.1, 0.15) is 29.8 Å². The molecular formula is C16H21N3O2. The quantitative estimate of drug-likeness (QED) is 0.845. The first-order chi connectivity index (χ1) is 10.3. The lowest BCUT2D eigenvalue weighted by Gasteiger charge is -2.31. The van der Waals surface area contributed by atoms with Crippen molar-refractivity contribution in [2.45, 2.75) is 25.9 Å². The molecule has 0 radical (unpaired) electrons. The third kappa shape index (κ3) is 3.89. The van der Waals surface area contributed by atoms with Gasteiger partial charge in [0.05, 0.1) is 6.61 Å². The van der Waals surface area contributed by atoms with E-state index in [9.17, 15) is 0 Å². The molecule has 1 aromatic heterocycles. The van der Waals surface area contributed by atoms with Crippen LogP contribution in [0.5, 0.6) is 0 Å². The molecule has 21 heavy (non-hydrogen) atoms. The average molecular weight is 287 g/mol. The van der Waals surface area contributed by atoms with Crippen molar-refractivity contribution in [2.75, 3.05) is 26.2 Å². The Morgan fingerprint density at radius 1 is 1.29 bits per heavy atom. The first-order valence-corrected chi connectivity index (χ1v) is 7.49. The van der Waals surface area contributed by atoms with Crippen LogP contribution < -0.4 is 0 Å². The van der Waals surface area contributed by atoms with Gasteiger partial charge in [0.2, 0.25) is 11.7 Å². The molecule has 5 nitrogen and oxygen atoms in total. The van der Waals surface area contributed by atoms with E-state index in [1.54, 1.807) is 6.92 Å². The second-order valence-electron chi connectivity index (χ2n) is 5.42. The van der Waals surface area contributed by atoms with E-state index < -0.39 is 0 Å². The van der Waals surface area contributed by atoms with Gasteiger partial charge >= 0.3 is 0 Å². The fourth-order valence-corrected chi connectivity index (χ4v) is 2.66. The zero-order valence-corrected chi connectivity index (χ0v) is 12.4. The molecule has 1 aromatic carbocycles. The van der Waals surface area contributed by atoms with Crippen LogP contribution in [0.4, 0.5) is 0 Å². The fourth-order valence-electron chi connectivity index (χ4n) is 2.66. The number of aryl methyl sites for hydroxylation is 2. The Kier molecular flexibility index (Phi) is 4.62. The molecule has 0 spiro atoms. The molecule has 5 heteroatoms. The topological polar surface area (TPSA) is 51.4 Å². The van der Waals surface area contributed by atoms with E-state index in [-0.39, 0.29) is 6.10 Å². The van der Waals surface area contributed by atoms with Crippen LogP contribution in [-0.4, -0.2) is 41.3 Å². The lowest BCUT2D eigenvalue weighted by atomic mass is 10.1. The summed E-state index contributed by atoms with van der Waals surface area (Å²) in [4.78, 5) is 6.69. The molecule has 0 unspecified atom stereocenters. The molecule has 0 saturated carbocycles. The molecule has 1 aliphatic rings. The van der Waals surface area contributed by atoms with E-state index >= 15 is 0 Å². The van der Waals surface area contributed by atoms with Gasteiger partial charge in [0.15, 0.2) is 0 Å². The summed E-state index contributed by atoms with van der Waals surface area (Å²) in [6.07, 6.45) is 2.21. The largest absolute Gasteiger partial charge is 0.367 e. The SMILES string of the molecule is Cc1nc([C@@H]2CN(CCCc3ccccc3)CCO2)no1. The minimum Gasteiger partial charge on any atom is -0.367 e. The second kappa shape index (κ2) is 6.83. The minimum atomic E-state index is -0.0621. The molecule has 1 fully saturated rings. The van der Waals surface area contributed by atoms with Gasteiger partial charge in [0.25, 0.3) is 0 Å². The van der Waals surface area contributed by atoms with Crippen molar-refractivity contribution in [3.8, 4) is 0 Å². The predicted octanol–water partition coefficient (Wildman–Crippen LogP) is 2.38. The zero-order chi connectivity index (χ0) is 14.5. The number of benzene rings is 1. The maximum absolute atomic E-state index is 5.75. The summed E-state index contributed by atoms with van der Waals surface area (Å²) in [7, 11) is 0. The number of hydrogen-bond donors (Lipinski definition) is 0. The van der Waals surface area contributed by atoms with Crippen LogP contribution in [0.2, 0.25) is 0 Å². The predicted molar refractivity (Wildman–Crippen MR) is 78.9 cm³/mol. The Morgan fingerprint density at radius 2 is 2.14 bits per heavy atom. The molecule has 1 aliphatic heterocycles. The highest BCUT2D eigenvalue weighted by Crippen LogP contribution is 2.19. The highest BCUT2D eigenvalue weighted by molar-refractivity contribution is 5.14. The number of morpholine rings is 1. The maximum atomic E-state index is 5.75. The summed E-state index contributed by atoms with van der Waals surface area (Å²) in [6, 6.07) is 10.6. The summed E-state index contributed by atoms with van der Waals surface area (Å²) in [6.45, 7) is 5.42. The van der Waals surface area contributed by atoms with Crippen LogP contribution in [0.15, 0.2) is 34.9 Å². The Bertz CT molecular complexity index is 556. The fraction of sp³-hybridized carbons (Fsp3) is 0.500. The van der Waals surface area contributed by atoms with E-state index in [1.807, 2.05) is 0 Å². The van der Waals surface area contributed by atoms with Crippen LogP contribution in [0, 0.1) is 6.92 Å². The van der Waals surface area contributed by atoms with Crippen molar-refractivity contribution < 1.29 is 9.26 Å². The first kappa shape index (κ1) is 14.2. The molecule has 1 saturated heterocycles. The monoisotopic (exact) mass is 287 g/mol. The van der Waals surface area contributed by atoms with Gasteiger partial charge in [-0.05, 0) is 24.9 Å². The molecule has 3 rings (SSSR count). The highest BCUT2D eigenvalue weighted by Gasteiger charge is 2.25. The van der Waals surface area contributed by atoms with E-state index in [0.717, 1.165) is 39.1 Å². The van der Waals surface area contributed by atoms with Crippen LogP contribution in [0.3, 0.4) is 0 Å². The van der Waals surface area contributed by atoms with Gasteiger partial charge in [-0.15, -0.1) is 0 Å². The van der Waals surface area contributed by atoms with Crippen molar-refractivity contribution in [1.29, 1.82) is 0 Å². The molecule has 0 amide bonds. The summed E-state index contributed by atoms with van der Waals surface area (Å²) in [5.74, 6) is 1.26. The molecule has 0 N–H and O–H groups in total. The molecule has 0 bridgehead atoms. The molecule has 2 heterocycles. The minimum absolute atomic E-state index is 0.0621. The van der Waals surface area contributed by atoms with Crippen LogP contribution in [-0.2, 0) is 11.2 Å². The van der Waals surface area contributed by atoms with Gasteiger partial charge in [-0.1, -0.05) is 35.5 Å². The average Bonchev–Trinajstić information content (AvgIpc) is 2.95. The van der Waals surface area contributed by atoms with Crippen molar-refractivity contribution in [1.82, 2.24) is 15.0 Å². The number of aromatic nitrogens is 2. The molecule has 0 aliphatic carbocycles. The molecule has 112 valence electrons. The zero-order valence-electron chi connectivity index (χ0n) is 12.4. The summed E-state index contributed by atoms with van der Waals surface area (Å²) < 4.78 is 10.8. The van der Waals surface area contributed by atoms with Gasteiger partial charge in [0, 0.05) is 20.0 Å². The summed E-state index contributed by atoms with van der Waals surface area (Å²) in [5, 5.41) is 3.96. The maximum Gasteiger partial charge on any atom is 0.223 e. The van der Waals surface area contributed by atoms with Gasteiger partial charge in [-0.3, -0.25) is 4.90 Å². The molecule has 2 aromatic rings. The van der Waals surface area contributed by atoms with E-state index in [4.69, 9.17) is 9.26 Å². The normalized spacial score (nSPS) is 19.8. The van der Waals surface area contributed by atoms with Gasteiger partial charge in [-0.25, -0.2) is 0 Å². The Hall–Kier alpha value is -1.72. The van der Waals surface area contributed by atoms with Crippen LogP contribution >= 0.6 is 0 Å². The first-order valence-electron chi connectivity index (χ1n) is 7.49. The number of nitrogens with zero attached hydrogens (tertiary/aromatic N) is 3. The van der Waals surface area contributed by atoms with E-state index in [1.165, 1.54) is 5.56 Å². The number of hydrogen-bond acceptors (Lipinski definition) is 5. The lowest BCUT2D eigenvalue weighted by molar-refractivity contribution is -0.0353. The Morgan fingerprint density at radius 3 is 2.90 bits per heavy atom. The number of rotatable bonds is 5. The highest BCUT2D eigenvalue weighted by atomic mass is 16.5. The Labute approximate surface area is 124 Å². The van der Waals surface area contributed by atoms with Gasteiger partial charge < -0.3 is 9.26 Å². The summed E-state index contributed by atoms with van der Waals surface area (Å²) in [5.41, 5.74) is 1.40. The third-order valence-electron chi connectivity index (χ3n) is 3.76. The third-order valence-corrected chi connectivity index (χ3v) is 3.76. The summed E-state index contributed by atoms with van der Waals surface area (Å²) >= 11 is 0. The molecule has 1 atom stereocenters. The standard InChI is InChI=1S/C16H21N3O2/c1-13-17-16(18-21-13)15-12-19(10-11-20-15)9-5-8-14-6-3-2-4-7-14/h2-4,6-7,15H,5,8-12H2,1H3/t15-/m0/s1. The van der Waals surface area contributed by atoms with Gasteiger partial charge in [0.1, 0.15) is 6.10 Å². The molecular weight excluding hydrogens is 266 g/mol. The van der Waals surface area contributed by atoms with Gasteiger partial charge in [-0.2, -0.15) is 4.98 Å². The van der Waals surface area contributed by atoms with Crippen molar-refractivity contribution >= 4 is 0 Å². The van der Waals surface area contributed by atoms with Crippen molar-refractivity contribution in [3.63, 3.8) is 0 Å². The van der Waals surface area contributed by atoms with Crippen molar-refractivity contribution in [2.24, 2.45) is 0 Å². The second-order valence-corrected chi connectivity index (χ2v) is 5.42. The van der Waals surface area contributed by atoms with E-state index in [0.29, 0.717) is 11.7 Å². The smallest absolute Gasteiger partial charge is 0.223 e. The Balaban J connectivity index is 1.48. The number of ether oxygens (including phenoxy) is 1. The van der Waals surface area contributed by atoms with Crippen molar-refractivity contribution in [3.05, 3.63) is 47.6 Å².